The lowest BCUT2D eigenvalue weighted by Crippen LogP contribution is -2.39. The van der Waals surface area contributed by atoms with Crippen LogP contribution in [0.2, 0.25) is 5.02 Å². The van der Waals surface area contributed by atoms with Gasteiger partial charge in [0.1, 0.15) is 5.75 Å². The van der Waals surface area contributed by atoms with Crippen molar-refractivity contribution < 1.29 is 19.1 Å². The fourth-order valence-electron chi connectivity index (χ4n) is 2.34. The third kappa shape index (κ3) is 3.88. The lowest BCUT2D eigenvalue weighted by Gasteiger charge is -2.21. The number of carbonyl (C=O) groups is 2. The number of ether oxygens (including phenoxy) is 2. The molecule has 1 aromatic rings. The summed E-state index contributed by atoms with van der Waals surface area (Å²) in [6, 6.07) is 6.84. The molecule has 0 saturated carbocycles. The maximum absolute atomic E-state index is 12.3. The Morgan fingerprint density at radius 3 is 2.62 bits per heavy atom. The average Bonchev–Trinajstić information content (AvgIpc) is 2.97. The molecular formula is C15H18ClNO4. The summed E-state index contributed by atoms with van der Waals surface area (Å²) in [5.74, 6) is -0.0430. The molecule has 1 aromatic carbocycles. The van der Waals surface area contributed by atoms with E-state index in [1.165, 1.54) is 7.11 Å². The third-order valence-electron chi connectivity index (χ3n) is 3.51. The average molecular weight is 312 g/mol. The van der Waals surface area contributed by atoms with Crippen LogP contribution in [0, 0.1) is 5.92 Å². The van der Waals surface area contributed by atoms with E-state index in [9.17, 15) is 9.59 Å². The normalized spacial score (nSPS) is 19.2. The van der Waals surface area contributed by atoms with Crippen LogP contribution in [-0.2, 0) is 14.3 Å². The van der Waals surface area contributed by atoms with Crippen molar-refractivity contribution in [1.29, 1.82) is 0 Å². The quantitative estimate of drug-likeness (QED) is 0.799. The Balaban J connectivity index is 1.91. The van der Waals surface area contributed by atoms with Crippen LogP contribution in [0.25, 0.3) is 0 Å². The van der Waals surface area contributed by atoms with E-state index in [2.05, 4.69) is 0 Å². The van der Waals surface area contributed by atoms with E-state index in [0.29, 0.717) is 30.3 Å². The van der Waals surface area contributed by atoms with Gasteiger partial charge in [-0.25, -0.2) is 0 Å². The zero-order chi connectivity index (χ0) is 15.4. The summed E-state index contributed by atoms with van der Waals surface area (Å²) in [6.07, 6.45) is 0.0223. The molecule has 0 aliphatic carbocycles. The number of hydrogen-bond donors (Lipinski definition) is 0. The second-order valence-electron chi connectivity index (χ2n) is 5.01. The van der Waals surface area contributed by atoms with Gasteiger partial charge in [-0.05, 0) is 37.6 Å². The molecule has 0 N–H and O–H groups in total. The first-order chi connectivity index (χ1) is 10.0. The molecule has 1 heterocycles. The van der Waals surface area contributed by atoms with Crippen LogP contribution in [-0.4, -0.2) is 43.1 Å². The van der Waals surface area contributed by atoms with E-state index in [0.717, 1.165) is 0 Å². The van der Waals surface area contributed by atoms with E-state index in [4.69, 9.17) is 21.1 Å². The van der Waals surface area contributed by atoms with Crippen LogP contribution < -0.4 is 4.74 Å². The first-order valence-electron chi connectivity index (χ1n) is 6.80. The van der Waals surface area contributed by atoms with E-state index in [1.54, 1.807) is 36.1 Å². The highest BCUT2D eigenvalue weighted by atomic mass is 35.5. The predicted molar refractivity (Wildman–Crippen MR) is 78.2 cm³/mol. The molecule has 6 heteroatoms. The summed E-state index contributed by atoms with van der Waals surface area (Å²) < 4.78 is 10.3. The summed E-state index contributed by atoms with van der Waals surface area (Å²) in [5, 5.41) is 0.613. The SMILES string of the molecule is COC(=O)C1CCN(C(=O)C(C)Oc2ccc(Cl)cc2)C1. The summed E-state index contributed by atoms with van der Waals surface area (Å²) in [6.45, 7) is 2.63. The molecule has 1 aliphatic heterocycles. The largest absolute Gasteiger partial charge is 0.481 e. The summed E-state index contributed by atoms with van der Waals surface area (Å²) in [5.41, 5.74) is 0. The van der Waals surface area contributed by atoms with Gasteiger partial charge in [0.2, 0.25) is 0 Å². The predicted octanol–water partition coefficient (Wildman–Crippen LogP) is 2.13. The number of amides is 1. The maximum atomic E-state index is 12.3. The van der Waals surface area contributed by atoms with Gasteiger partial charge >= 0.3 is 5.97 Å². The van der Waals surface area contributed by atoms with Crippen LogP contribution in [0.5, 0.6) is 5.75 Å². The lowest BCUT2D eigenvalue weighted by molar-refractivity contribution is -0.145. The van der Waals surface area contributed by atoms with Gasteiger partial charge in [-0.1, -0.05) is 11.6 Å². The van der Waals surface area contributed by atoms with Crippen LogP contribution in [0.4, 0.5) is 0 Å². The van der Waals surface area contributed by atoms with E-state index >= 15 is 0 Å². The summed E-state index contributed by atoms with van der Waals surface area (Å²) in [7, 11) is 1.36. The van der Waals surface area contributed by atoms with Crippen molar-refractivity contribution in [2.45, 2.75) is 19.4 Å². The maximum Gasteiger partial charge on any atom is 0.310 e. The third-order valence-corrected chi connectivity index (χ3v) is 3.76. The molecule has 0 bridgehead atoms. The Morgan fingerprint density at radius 1 is 1.33 bits per heavy atom. The van der Waals surface area contributed by atoms with Crippen LogP contribution in [0.15, 0.2) is 24.3 Å². The van der Waals surface area contributed by atoms with Gasteiger partial charge in [-0.15, -0.1) is 0 Å². The number of methoxy groups -OCH3 is 1. The minimum atomic E-state index is -0.609. The first-order valence-corrected chi connectivity index (χ1v) is 7.18. The van der Waals surface area contributed by atoms with Crippen molar-refractivity contribution in [3.8, 4) is 5.75 Å². The fraction of sp³-hybridized carbons (Fsp3) is 0.467. The van der Waals surface area contributed by atoms with Gasteiger partial charge < -0.3 is 14.4 Å². The highest BCUT2D eigenvalue weighted by molar-refractivity contribution is 6.30. The zero-order valence-corrected chi connectivity index (χ0v) is 12.8. The minimum Gasteiger partial charge on any atom is -0.481 e. The smallest absolute Gasteiger partial charge is 0.310 e. The Labute approximate surface area is 128 Å². The van der Waals surface area contributed by atoms with Crippen LogP contribution >= 0.6 is 11.6 Å². The molecule has 1 amide bonds. The molecule has 5 nitrogen and oxygen atoms in total. The van der Waals surface area contributed by atoms with Crippen molar-refractivity contribution in [1.82, 2.24) is 4.90 Å². The molecule has 0 spiro atoms. The highest BCUT2D eigenvalue weighted by Crippen LogP contribution is 2.21. The zero-order valence-electron chi connectivity index (χ0n) is 12.0. The van der Waals surface area contributed by atoms with Crippen molar-refractivity contribution in [2.75, 3.05) is 20.2 Å². The minimum absolute atomic E-state index is 0.128. The molecular weight excluding hydrogens is 294 g/mol. The molecule has 0 radical (unpaired) electrons. The first kappa shape index (κ1) is 15.6. The van der Waals surface area contributed by atoms with E-state index in [1.807, 2.05) is 0 Å². The van der Waals surface area contributed by atoms with Crippen molar-refractivity contribution in [2.24, 2.45) is 5.92 Å². The van der Waals surface area contributed by atoms with Gasteiger partial charge in [0.05, 0.1) is 13.0 Å². The molecule has 1 saturated heterocycles. The highest BCUT2D eigenvalue weighted by Gasteiger charge is 2.33. The number of hydrogen-bond acceptors (Lipinski definition) is 4. The van der Waals surface area contributed by atoms with Crippen LogP contribution in [0.3, 0.4) is 0 Å². The van der Waals surface area contributed by atoms with Gasteiger partial charge in [0, 0.05) is 18.1 Å². The number of benzene rings is 1. The standard InChI is InChI=1S/C15H18ClNO4/c1-10(21-13-5-3-12(16)4-6-13)14(18)17-8-7-11(9-17)15(19)20-2/h3-6,10-11H,7-9H2,1-2H3. The monoisotopic (exact) mass is 311 g/mol. The summed E-state index contributed by atoms with van der Waals surface area (Å²) in [4.78, 5) is 25.4. The second-order valence-corrected chi connectivity index (χ2v) is 5.44. The molecule has 2 unspecified atom stereocenters. The Kier molecular flexibility index (Phi) is 5.07. The van der Waals surface area contributed by atoms with Gasteiger partial charge in [0.25, 0.3) is 5.91 Å². The Morgan fingerprint density at radius 2 is 2.00 bits per heavy atom. The van der Waals surface area contributed by atoms with E-state index in [-0.39, 0.29) is 17.8 Å². The van der Waals surface area contributed by atoms with Crippen molar-refractivity contribution >= 4 is 23.5 Å². The topological polar surface area (TPSA) is 55.8 Å². The van der Waals surface area contributed by atoms with E-state index < -0.39 is 6.10 Å². The molecule has 0 aromatic heterocycles. The Bertz CT molecular complexity index is 517. The number of esters is 1. The molecule has 1 fully saturated rings. The number of carbonyl (C=O) groups excluding carboxylic acids is 2. The second kappa shape index (κ2) is 6.80. The number of rotatable bonds is 4. The van der Waals surface area contributed by atoms with Gasteiger partial charge in [0.15, 0.2) is 6.10 Å². The van der Waals surface area contributed by atoms with Crippen molar-refractivity contribution in [3.63, 3.8) is 0 Å². The number of nitrogens with zero attached hydrogens (tertiary/aromatic N) is 1. The van der Waals surface area contributed by atoms with Gasteiger partial charge in [-0.3, -0.25) is 9.59 Å². The molecule has 2 atom stereocenters. The van der Waals surface area contributed by atoms with Crippen molar-refractivity contribution in [3.05, 3.63) is 29.3 Å². The molecule has 21 heavy (non-hydrogen) atoms. The molecule has 114 valence electrons. The van der Waals surface area contributed by atoms with Crippen LogP contribution in [0.1, 0.15) is 13.3 Å². The van der Waals surface area contributed by atoms with Gasteiger partial charge in [-0.2, -0.15) is 0 Å². The fourth-order valence-corrected chi connectivity index (χ4v) is 2.47. The summed E-state index contributed by atoms with van der Waals surface area (Å²) >= 11 is 5.80. The molecule has 2 rings (SSSR count). The number of halogens is 1. The lowest BCUT2D eigenvalue weighted by atomic mass is 10.1. The molecule has 1 aliphatic rings. The Hall–Kier alpha value is -1.75. The number of likely N-dealkylation sites (tertiary alicyclic amines) is 1.